The van der Waals surface area contributed by atoms with Crippen LogP contribution in [0.4, 0.5) is 0 Å². The summed E-state index contributed by atoms with van der Waals surface area (Å²) in [4.78, 5) is 158. The van der Waals surface area contributed by atoms with E-state index < -0.39 is 0 Å². The van der Waals surface area contributed by atoms with E-state index in [9.17, 15) is 57.5 Å². The van der Waals surface area contributed by atoms with Gasteiger partial charge in [0.1, 0.15) is 0 Å². The summed E-state index contributed by atoms with van der Waals surface area (Å²) < 4.78 is 0. The van der Waals surface area contributed by atoms with E-state index in [0.29, 0.717) is 137 Å². The molecule has 0 heterocycles. The van der Waals surface area contributed by atoms with Crippen molar-refractivity contribution in [2.75, 3.05) is 151 Å². The van der Waals surface area contributed by atoms with Gasteiger partial charge in [0.15, 0.2) is 0 Å². The summed E-state index contributed by atoms with van der Waals surface area (Å²) in [6.07, 6.45) is 53.9. The zero-order valence-corrected chi connectivity index (χ0v) is 73.8. The van der Waals surface area contributed by atoms with Gasteiger partial charge in [-0.05, 0) is 113 Å². The standard InChI is InChI=1S/C19H26N2O2.C17H24N2O2.C16H26N2O2.C16H22N2O2.C16H20N2O2.C14H22N2O2/c1-5-14-20(18(22)7-3)16-12-10-9-11-13-17-21(15-6-2)19(23)8-4;1-6-12-18(16(20)8-3)14-10-11-15(5)19(13-7-2)17(21)9-4;3*1-5-11-17(15(19)7-3)13-9-10-14-18(12-6-2)16(20)8-4;1-5-13(17)15(7-3)11-9-10-12-16(8-4)14(18)6-2/h5-8,10-13H,1-4,9,14-17H2;6-11,15H,1-4,12-14H2,5H3;7-10H,3-6,11-14H2,1-2H3;5-10H,1-4,11-14H2;5-8H,1-4,11-14H2;5-6,9-10H,1-2,7-8,11-12H2,3-4H3/b12-10+,13-11+;11-10+;2*10-9+;;10-9+. The van der Waals surface area contributed by atoms with Gasteiger partial charge in [0, 0.05) is 143 Å². The first-order valence-corrected chi connectivity index (χ1v) is 39.7. The Morgan fingerprint density at radius 1 is 0.230 bits per heavy atom. The number of likely N-dealkylation sites (N-methyl/N-ethyl adjacent to an activating group) is 2. The summed E-state index contributed by atoms with van der Waals surface area (Å²) in [5.74, 6) is 4.14. The lowest BCUT2D eigenvalue weighted by Gasteiger charge is -2.25. The van der Waals surface area contributed by atoms with Crippen LogP contribution in [-0.4, -0.2) is 286 Å². The zero-order chi connectivity index (χ0) is 93.9. The number of carbonyl (C=O) groups excluding carboxylic acids is 12. The van der Waals surface area contributed by atoms with Crippen LogP contribution in [0.5, 0.6) is 0 Å². The van der Waals surface area contributed by atoms with Gasteiger partial charge in [-0.2, -0.15) is 0 Å². The van der Waals surface area contributed by atoms with Crippen molar-refractivity contribution < 1.29 is 57.5 Å². The van der Waals surface area contributed by atoms with Crippen LogP contribution in [0.25, 0.3) is 0 Å². The SMILES string of the molecule is C=CC(=O)N(C/C=C/CN(CCC)C(=O)C=C)CCC.C=CC(=O)N(CC)C/C=C/CN(CC)C(=O)C=C.C=CCN(C/C=C/C(C)N(CC=C)C(=O)C=C)C(=O)C=C.C=CCN(C/C=C/C/C=C/CN(CC=C)C(=O)C=C)C(=O)C=C.C=CCN(C/C=C/CN(CC=C)C(=O)C=C)C(=O)C=C.C=CCN(CC#CCN(CC=C)C(=O)C=C)C(=O)C=C. The minimum Gasteiger partial charge on any atom is -0.336 e. The van der Waals surface area contributed by atoms with Crippen molar-refractivity contribution in [3.8, 4) is 11.8 Å². The minimum atomic E-state index is -0.204. The molecule has 24 nitrogen and oxygen atoms in total. The van der Waals surface area contributed by atoms with Crippen LogP contribution >= 0.6 is 0 Å². The second-order valence-electron chi connectivity index (χ2n) is 24.8. The number of hydrogen-bond acceptors (Lipinski definition) is 12. The molecule has 0 aliphatic rings. The monoisotopic (exact) mass is 1680 g/mol. The second-order valence-corrected chi connectivity index (χ2v) is 24.8. The van der Waals surface area contributed by atoms with E-state index in [1.807, 2.05) is 108 Å². The normalized spacial score (nSPS) is 10.1. The lowest BCUT2D eigenvalue weighted by atomic mass is 10.2. The molecule has 122 heavy (non-hydrogen) atoms. The molecule has 0 spiro atoms. The van der Waals surface area contributed by atoms with Gasteiger partial charge in [-0.1, -0.05) is 226 Å². The summed E-state index contributed by atoms with van der Waals surface area (Å²) in [5.41, 5.74) is 0. The van der Waals surface area contributed by atoms with E-state index >= 15 is 0 Å². The Balaban J connectivity index is -0.000000331. The molecule has 0 aromatic rings. The Morgan fingerprint density at radius 3 is 0.639 bits per heavy atom. The first kappa shape index (κ1) is 119. The van der Waals surface area contributed by atoms with Crippen molar-refractivity contribution in [2.24, 2.45) is 0 Å². The Bertz CT molecular complexity index is 3520. The van der Waals surface area contributed by atoms with Gasteiger partial charge in [0.05, 0.1) is 13.1 Å². The topological polar surface area (TPSA) is 244 Å². The molecule has 0 saturated heterocycles. The van der Waals surface area contributed by atoms with Crippen molar-refractivity contribution in [1.82, 2.24) is 58.8 Å². The maximum Gasteiger partial charge on any atom is 0.247 e. The highest BCUT2D eigenvalue weighted by molar-refractivity contribution is 5.92. The molecule has 1 atom stereocenters. The molecule has 0 bridgehead atoms. The van der Waals surface area contributed by atoms with Crippen LogP contribution < -0.4 is 0 Å². The maximum atomic E-state index is 11.7. The molecular weight excluding hydrogens is 1540 g/mol. The molecule has 0 fully saturated rings. The Morgan fingerprint density at radius 2 is 0.418 bits per heavy atom. The molecule has 0 radical (unpaired) electrons. The van der Waals surface area contributed by atoms with Gasteiger partial charge in [-0.3, -0.25) is 57.5 Å². The van der Waals surface area contributed by atoms with Crippen LogP contribution in [0.1, 0.15) is 53.9 Å². The van der Waals surface area contributed by atoms with E-state index in [-0.39, 0.29) is 90.0 Å². The fraction of sp³-hybridized carbons (Fsp3) is 0.327. The highest BCUT2D eigenvalue weighted by Crippen LogP contribution is 2.06. The number of nitrogens with zero attached hydrogens (tertiary/aromatic N) is 12. The second kappa shape index (κ2) is 82.5. The molecule has 0 aliphatic heterocycles. The largest absolute Gasteiger partial charge is 0.336 e. The van der Waals surface area contributed by atoms with Crippen molar-refractivity contribution in [2.45, 2.75) is 59.9 Å². The minimum absolute atomic E-state index is 0.0657. The number of rotatable bonds is 58. The van der Waals surface area contributed by atoms with Crippen molar-refractivity contribution >= 4 is 70.9 Å². The van der Waals surface area contributed by atoms with E-state index in [1.54, 1.807) is 97.6 Å². The number of carbonyl (C=O) groups is 12. The summed E-state index contributed by atoms with van der Waals surface area (Å²) in [6, 6.07) is -0.113. The summed E-state index contributed by atoms with van der Waals surface area (Å²) in [6.45, 7) is 91.6. The van der Waals surface area contributed by atoms with Gasteiger partial charge in [-0.15, -0.1) is 52.6 Å². The van der Waals surface area contributed by atoms with Gasteiger partial charge in [0.2, 0.25) is 70.9 Å². The van der Waals surface area contributed by atoms with Crippen LogP contribution in [0.3, 0.4) is 0 Å². The third-order valence-electron chi connectivity index (χ3n) is 15.9. The molecule has 0 aliphatic carbocycles. The summed E-state index contributed by atoms with van der Waals surface area (Å²) >= 11 is 0. The lowest BCUT2D eigenvalue weighted by molar-refractivity contribution is -0.127. The van der Waals surface area contributed by atoms with Gasteiger partial charge in [0.25, 0.3) is 0 Å². The first-order chi connectivity index (χ1) is 58.5. The predicted molar refractivity (Wildman–Crippen MR) is 507 cm³/mol. The smallest absolute Gasteiger partial charge is 0.247 e. The van der Waals surface area contributed by atoms with E-state index in [1.165, 1.54) is 82.7 Å². The third kappa shape index (κ3) is 60.0. The van der Waals surface area contributed by atoms with Crippen molar-refractivity contribution in [1.29, 1.82) is 0 Å². The molecule has 1 unspecified atom stereocenters. The van der Waals surface area contributed by atoms with E-state index in [4.69, 9.17) is 0 Å². The quantitative estimate of drug-likeness (QED) is 0.0314. The molecule has 0 saturated carbocycles. The molecule has 0 rings (SSSR count). The van der Waals surface area contributed by atoms with Crippen LogP contribution in [0.15, 0.2) is 326 Å². The molecule has 664 valence electrons. The molecule has 0 N–H and O–H groups in total. The summed E-state index contributed by atoms with van der Waals surface area (Å²) in [5, 5.41) is 0. The fourth-order valence-corrected chi connectivity index (χ4v) is 9.51. The number of hydrogen-bond donors (Lipinski definition) is 0. The van der Waals surface area contributed by atoms with Crippen molar-refractivity contribution in [3.63, 3.8) is 0 Å². The molecule has 24 heteroatoms. The van der Waals surface area contributed by atoms with Crippen LogP contribution in [0, 0.1) is 11.8 Å². The third-order valence-corrected chi connectivity index (χ3v) is 15.9. The average Bonchev–Trinajstić information content (AvgIpc) is 0.901. The Kier molecular flexibility index (Phi) is 80.7. The van der Waals surface area contributed by atoms with Crippen molar-refractivity contribution in [3.05, 3.63) is 326 Å². The molecule has 0 aromatic heterocycles. The Hall–Kier alpha value is -13.6. The molecular formula is C98H140N12O12. The first-order valence-electron chi connectivity index (χ1n) is 39.7. The molecule has 0 aromatic carbocycles. The van der Waals surface area contributed by atoms with Crippen LogP contribution in [-0.2, 0) is 57.5 Å². The Labute approximate surface area is 731 Å². The average molecular weight is 1680 g/mol. The summed E-state index contributed by atoms with van der Waals surface area (Å²) in [7, 11) is 0. The number of amides is 12. The lowest BCUT2D eigenvalue weighted by Crippen LogP contribution is -2.36. The molecule has 12 amide bonds. The highest BCUT2D eigenvalue weighted by Gasteiger charge is 2.17. The fourth-order valence-electron chi connectivity index (χ4n) is 9.51. The van der Waals surface area contributed by atoms with Gasteiger partial charge < -0.3 is 58.8 Å². The van der Waals surface area contributed by atoms with E-state index in [0.717, 1.165) is 19.3 Å². The highest BCUT2D eigenvalue weighted by atomic mass is 16.2. The maximum absolute atomic E-state index is 11.7. The van der Waals surface area contributed by atoms with Gasteiger partial charge in [-0.25, -0.2) is 0 Å². The van der Waals surface area contributed by atoms with Gasteiger partial charge >= 0.3 is 0 Å². The van der Waals surface area contributed by atoms with E-state index in [2.05, 4.69) is 143 Å². The van der Waals surface area contributed by atoms with Crippen LogP contribution in [0.2, 0.25) is 0 Å². The zero-order valence-electron chi connectivity index (χ0n) is 73.8. The predicted octanol–water partition coefficient (Wildman–Crippen LogP) is 12.6. The number of allylic oxidation sites excluding steroid dienone is 2.